The van der Waals surface area contributed by atoms with E-state index in [-0.39, 0.29) is 5.54 Å². The van der Waals surface area contributed by atoms with Crippen molar-refractivity contribution in [2.45, 2.75) is 56.0 Å². The molecule has 22 heavy (non-hydrogen) atoms. The third-order valence-corrected chi connectivity index (χ3v) is 7.01. The van der Waals surface area contributed by atoms with Gasteiger partial charge < -0.3 is 0 Å². The first kappa shape index (κ1) is 16.1. The van der Waals surface area contributed by atoms with Gasteiger partial charge in [-0.05, 0) is 35.9 Å². The third-order valence-electron chi connectivity index (χ3n) is 4.70. The molecule has 2 unspecified atom stereocenters. The number of thioether (sulfide) groups is 1. The molecule has 1 nitrogen and oxygen atoms in total. The van der Waals surface area contributed by atoms with Crippen LogP contribution in [0.1, 0.15) is 56.0 Å². The van der Waals surface area contributed by atoms with Gasteiger partial charge in [0, 0.05) is 21.1 Å². The number of thiophene rings is 1. The zero-order chi connectivity index (χ0) is 15.4. The van der Waals surface area contributed by atoms with Gasteiger partial charge in [0.05, 0.1) is 6.04 Å². The first-order valence-electron chi connectivity index (χ1n) is 8.31. The van der Waals surface area contributed by atoms with Crippen LogP contribution in [0.4, 0.5) is 0 Å². The van der Waals surface area contributed by atoms with Crippen LogP contribution in [-0.4, -0.2) is 11.3 Å². The van der Waals surface area contributed by atoms with Crippen molar-refractivity contribution in [1.29, 1.82) is 0 Å². The summed E-state index contributed by atoms with van der Waals surface area (Å²) in [5.41, 5.74) is 1.69. The second-order valence-corrected chi connectivity index (χ2v) is 8.15. The number of hydrogen-bond acceptors (Lipinski definition) is 3. The minimum atomic E-state index is 0.244. The van der Waals surface area contributed by atoms with Crippen molar-refractivity contribution in [2.75, 3.05) is 5.75 Å². The van der Waals surface area contributed by atoms with Crippen LogP contribution < -0.4 is 5.32 Å². The topological polar surface area (TPSA) is 12.0 Å². The number of hydrogen-bond donors (Lipinski definition) is 1. The molecule has 0 fully saturated rings. The first-order valence-corrected chi connectivity index (χ1v) is 10.2. The van der Waals surface area contributed by atoms with Crippen LogP contribution in [0.3, 0.4) is 0 Å². The van der Waals surface area contributed by atoms with E-state index >= 15 is 0 Å². The Hall–Kier alpha value is -0.770. The summed E-state index contributed by atoms with van der Waals surface area (Å²) in [6.07, 6.45) is 5.03. The van der Waals surface area contributed by atoms with Crippen molar-refractivity contribution < 1.29 is 0 Å². The Bertz CT molecular complexity index is 593. The molecule has 3 heteroatoms. The Labute approximate surface area is 142 Å². The van der Waals surface area contributed by atoms with Crippen LogP contribution in [0.5, 0.6) is 0 Å². The highest BCUT2D eigenvalue weighted by atomic mass is 32.2. The lowest BCUT2D eigenvalue weighted by Crippen LogP contribution is -2.48. The molecule has 0 radical (unpaired) electrons. The summed E-state index contributed by atoms with van der Waals surface area (Å²) in [4.78, 5) is 2.88. The van der Waals surface area contributed by atoms with Crippen molar-refractivity contribution in [1.82, 2.24) is 5.32 Å². The zero-order valence-corrected chi connectivity index (χ0v) is 15.1. The first-order chi connectivity index (χ1) is 10.8. The van der Waals surface area contributed by atoms with Crippen LogP contribution in [0, 0.1) is 0 Å². The molecule has 2 aromatic rings. The molecule has 0 saturated carbocycles. The summed E-state index contributed by atoms with van der Waals surface area (Å²) in [6, 6.07) is 13.7. The van der Waals surface area contributed by atoms with Gasteiger partial charge in [0.15, 0.2) is 0 Å². The Balaban J connectivity index is 1.99. The fourth-order valence-corrected chi connectivity index (χ4v) is 5.40. The van der Waals surface area contributed by atoms with E-state index in [2.05, 4.69) is 60.9 Å². The summed E-state index contributed by atoms with van der Waals surface area (Å²) in [5, 5.41) is 6.25. The van der Waals surface area contributed by atoms with Crippen LogP contribution in [0.2, 0.25) is 0 Å². The quantitative estimate of drug-likeness (QED) is 0.735. The molecule has 1 N–H and O–H groups in total. The maximum atomic E-state index is 4.06. The van der Waals surface area contributed by atoms with Gasteiger partial charge in [-0.3, -0.25) is 5.32 Å². The van der Waals surface area contributed by atoms with E-state index in [4.69, 9.17) is 0 Å². The summed E-state index contributed by atoms with van der Waals surface area (Å²) in [7, 11) is 0. The Morgan fingerprint density at radius 1 is 1.18 bits per heavy atom. The van der Waals surface area contributed by atoms with Gasteiger partial charge >= 0.3 is 0 Å². The Morgan fingerprint density at radius 2 is 2.05 bits per heavy atom. The lowest BCUT2D eigenvalue weighted by Gasteiger charge is -2.35. The maximum absolute atomic E-state index is 4.06. The monoisotopic (exact) mass is 331 g/mol. The van der Waals surface area contributed by atoms with E-state index in [1.165, 1.54) is 46.8 Å². The second kappa shape index (κ2) is 7.20. The average molecular weight is 332 g/mol. The van der Waals surface area contributed by atoms with Gasteiger partial charge in [0.2, 0.25) is 0 Å². The highest BCUT2D eigenvalue weighted by molar-refractivity contribution is 7.99. The summed E-state index contributed by atoms with van der Waals surface area (Å²) in [6.45, 7) is 4.63. The molecule has 0 spiro atoms. The van der Waals surface area contributed by atoms with Crippen LogP contribution in [0.25, 0.3) is 0 Å². The number of fused-ring (bicyclic) bond motifs is 1. The molecule has 1 aliphatic rings. The largest absolute Gasteiger partial charge is 0.299 e. The molecule has 0 bridgehead atoms. The molecular weight excluding hydrogens is 306 g/mol. The zero-order valence-electron chi connectivity index (χ0n) is 13.5. The van der Waals surface area contributed by atoms with Gasteiger partial charge in [-0.25, -0.2) is 0 Å². The summed E-state index contributed by atoms with van der Waals surface area (Å²) < 4.78 is 0. The molecule has 3 rings (SSSR count). The number of benzene rings is 1. The van der Waals surface area contributed by atoms with Crippen LogP contribution in [0.15, 0.2) is 46.7 Å². The lowest BCUT2D eigenvalue weighted by atomic mass is 9.89. The molecule has 1 aliphatic heterocycles. The SMILES string of the molecule is CCCCC1(CC)CSc2ccccc2C(c2cccs2)N1. The summed E-state index contributed by atoms with van der Waals surface area (Å²) >= 11 is 3.90. The molecular formula is C19H25NS2. The minimum Gasteiger partial charge on any atom is -0.299 e. The van der Waals surface area contributed by atoms with Gasteiger partial charge in [-0.15, -0.1) is 23.1 Å². The predicted octanol–water partition coefficient (Wildman–Crippen LogP) is 5.87. The van der Waals surface area contributed by atoms with Crippen LogP contribution >= 0.6 is 23.1 Å². The van der Waals surface area contributed by atoms with E-state index in [0.717, 1.165) is 0 Å². The number of nitrogens with one attached hydrogen (secondary N) is 1. The maximum Gasteiger partial charge on any atom is 0.0686 e. The van der Waals surface area contributed by atoms with E-state index in [9.17, 15) is 0 Å². The normalized spacial score (nSPS) is 24.7. The molecule has 1 aromatic heterocycles. The summed E-state index contributed by atoms with van der Waals surface area (Å²) in [5.74, 6) is 1.17. The van der Waals surface area contributed by atoms with Crippen molar-refractivity contribution in [3.63, 3.8) is 0 Å². The molecule has 0 amide bonds. The van der Waals surface area contributed by atoms with E-state index < -0.39 is 0 Å². The van der Waals surface area contributed by atoms with E-state index in [1.807, 2.05) is 23.1 Å². The number of rotatable bonds is 5. The molecule has 118 valence electrons. The second-order valence-electron chi connectivity index (χ2n) is 6.16. The van der Waals surface area contributed by atoms with Crippen molar-refractivity contribution in [2.24, 2.45) is 0 Å². The average Bonchev–Trinajstić information content (AvgIpc) is 3.04. The predicted molar refractivity (Wildman–Crippen MR) is 99.0 cm³/mol. The standard InChI is InChI=1S/C19H25NS2/c1-3-5-12-19(4-2)14-22-16-10-7-6-9-15(16)18(20-19)17-11-8-13-21-17/h6-11,13,18,20H,3-5,12,14H2,1-2H3. The fourth-order valence-electron chi connectivity index (χ4n) is 3.21. The fraction of sp³-hybridized carbons (Fsp3) is 0.474. The van der Waals surface area contributed by atoms with Gasteiger partial charge in [0.25, 0.3) is 0 Å². The van der Waals surface area contributed by atoms with Crippen molar-refractivity contribution in [3.05, 3.63) is 52.2 Å². The van der Waals surface area contributed by atoms with Crippen LogP contribution in [-0.2, 0) is 0 Å². The molecule has 0 aliphatic carbocycles. The highest BCUT2D eigenvalue weighted by Crippen LogP contribution is 2.41. The van der Waals surface area contributed by atoms with Gasteiger partial charge in [0.1, 0.15) is 0 Å². The number of unbranched alkanes of at least 4 members (excludes halogenated alkanes) is 1. The van der Waals surface area contributed by atoms with E-state index in [0.29, 0.717) is 6.04 Å². The third kappa shape index (κ3) is 3.27. The minimum absolute atomic E-state index is 0.244. The Morgan fingerprint density at radius 3 is 2.77 bits per heavy atom. The van der Waals surface area contributed by atoms with Crippen molar-refractivity contribution >= 4 is 23.1 Å². The molecule has 1 aromatic carbocycles. The molecule has 2 atom stereocenters. The lowest BCUT2D eigenvalue weighted by molar-refractivity contribution is 0.299. The van der Waals surface area contributed by atoms with Crippen molar-refractivity contribution in [3.8, 4) is 0 Å². The highest BCUT2D eigenvalue weighted by Gasteiger charge is 2.35. The van der Waals surface area contributed by atoms with E-state index in [1.54, 1.807) is 0 Å². The smallest absolute Gasteiger partial charge is 0.0686 e. The Kier molecular flexibility index (Phi) is 5.27. The molecule has 0 saturated heterocycles. The van der Waals surface area contributed by atoms with Gasteiger partial charge in [-0.1, -0.05) is 51.0 Å². The van der Waals surface area contributed by atoms with Gasteiger partial charge in [-0.2, -0.15) is 0 Å². The molecule has 2 heterocycles.